The van der Waals surface area contributed by atoms with Crippen molar-refractivity contribution in [3.8, 4) is 5.75 Å². The molecule has 6 heteroatoms. The maximum absolute atomic E-state index is 12.4. The molecule has 1 aromatic heterocycles. The van der Waals surface area contributed by atoms with Gasteiger partial charge in [0.05, 0.1) is 11.2 Å². The van der Waals surface area contributed by atoms with E-state index in [1.807, 2.05) is 6.07 Å². The molecule has 1 aliphatic heterocycles. The maximum Gasteiger partial charge on any atom is 0.259 e. The molecule has 27 heavy (non-hydrogen) atoms. The Balaban J connectivity index is 1.76. The molecule has 1 fully saturated rings. The molecule has 0 saturated carbocycles. The van der Waals surface area contributed by atoms with Crippen molar-refractivity contribution in [3.63, 3.8) is 0 Å². The molecule has 1 aromatic carbocycles. The predicted molar refractivity (Wildman–Crippen MR) is 99.3 cm³/mol. The van der Waals surface area contributed by atoms with Crippen LogP contribution in [0.4, 0.5) is 0 Å². The Hall–Kier alpha value is -2.44. The zero-order chi connectivity index (χ0) is 19.0. The molecule has 2 heterocycles. The molecule has 4 N–H and O–H groups in total. The second-order valence-corrected chi connectivity index (χ2v) is 8.23. The third-order valence-corrected chi connectivity index (χ3v) is 6.91. The fraction of sp³-hybridized carbons (Fsp3) is 0.429. The van der Waals surface area contributed by atoms with E-state index in [4.69, 9.17) is 0 Å². The van der Waals surface area contributed by atoms with Crippen LogP contribution in [-0.2, 0) is 24.7 Å². The monoisotopic (exact) mass is 366 g/mol. The summed E-state index contributed by atoms with van der Waals surface area (Å²) < 4.78 is 0. The van der Waals surface area contributed by atoms with Crippen molar-refractivity contribution in [2.24, 2.45) is 0 Å². The summed E-state index contributed by atoms with van der Waals surface area (Å²) >= 11 is 0. The van der Waals surface area contributed by atoms with E-state index in [2.05, 4.69) is 10.3 Å². The van der Waals surface area contributed by atoms with Gasteiger partial charge >= 0.3 is 0 Å². The van der Waals surface area contributed by atoms with Gasteiger partial charge in [0.15, 0.2) is 5.78 Å². The summed E-state index contributed by atoms with van der Waals surface area (Å²) in [5.41, 5.74) is 1.88. The summed E-state index contributed by atoms with van der Waals surface area (Å²) in [6, 6.07) is 6.93. The Bertz CT molecular complexity index is 1040. The number of nitrogens with one attached hydrogen (secondary N) is 2. The lowest BCUT2D eigenvalue weighted by molar-refractivity contribution is -0.106. The summed E-state index contributed by atoms with van der Waals surface area (Å²) in [5.74, 6) is -0.0859. The van der Waals surface area contributed by atoms with Gasteiger partial charge in [0.1, 0.15) is 5.75 Å². The highest BCUT2D eigenvalue weighted by Crippen LogP contribution is 2.55. The molecule has 3 aliphatic rings. The van der Waals surface area contributed by atoms with E-state index in [0.29, 0.717) is 25.7 Å². The van der Waals surface area contributed by atoms with Gasteiger partial charge in [-0.1, -0.05) is 6.07 Å². The van der Waals surface area contributed by atoms with E-state index in [0.717, 1.165) is 28.9 Å². The normalized spacial score (nSPS) is 30.8. The molecule has 140 valence electrons. The molecular weight excluding hydrogens is 344 g/mol. The number of piperidine rings is 1. The van der Waals surface area contributed by atoms with Gasteiger partial charge in [-0.15, -0.1) is 0 Å². The highest BCUT2D eigenvalue weighted by Gasteiger charge is 2.62. The maximum atomic E-state index is 12.4. The zero-order valence-corrected chi connectivity index (χ0v) is 15.1. The van der Waals surface area contributed by atoms with Gasteiger partial charge in [0.2, 0.25) is 0 Å². The molecule has 3 atom stereocenters. The number of benzene rings is 1. The van der Waals surface area contributed by atoms with Crippen molar-refractivity contribution in [1.29, 1.82) is 0 Å². The third-order valence-electron chi connectivity index (χ3n) is 6.91. The summed E-state index contributed by atoms with van der Waals surface area (Å²) in [7, 11) is 0. The molecule has 1 saturated heterocycles. The van der Waals surface area contributed by atoms with E-state index < -0.39 is 11.0 Å². The van der Waals surface area contributed by atoms with Crippen molar-refractivity contribution >= 4 is 5.78 Å². The van der Waals surface area contributed by atoms with Crippen molar-refractivity contribution in [3.05, 3.63) is 62.6 Å². The number of hydrogen-bond acceptors (Lipinski definition) is 5. The molecule has 2 bridgehead atoms. The SMILES string of the molecule is CC(=O)c1cc2c([nH]c1=O)C[C@]13CCN[C@H](Cc4ccc(O)cc41)[C@]3(O)C2. The van der Waals surface area contributed by atoms with Gasteiger partial charge in [-0.05, 0) is 61.2 Å². The van der Waals surface area contributed by atoms with E-state index in [-0.39, 0.29) is 28.7 Å². The van der Waals surface area contributed by atoms with Crippen LogP contribution in [-0.4, -0.2) is 39.2 Å². The molecule has 5 rings (SSSR count). The largest absolute Gasteiger partial charge is 0.508 e. The first-order valence-corrected chi connectivity index (χ1v) is 9.38. The number of carbonyl (C=O) groups is 1. The first-order chi connectivity index (χ1) is 12.8. The Morgan fingerprint density at radius 1 is 1.22 bits per heavy atom. The molecule has 0 radical (unpaired) electrons. The minimum absolute atomic E-state index is 0.107. The number of fused-ring (bicyclic) bond motifs is 2. The Morgan fingerprint density at radius 2 is 2.04 bits per heavy atom. The number of aromatic amines is 1. The number of carbonyl (C=O) groups excluding carboxylic acids is 1. The lowest BCUT2D eigenvalue weighted by atomic mass is 9.50. The summed E-state index contributed by atoms with van der Waals surface area (Å²) in [4.78, 5) is 27.0. The van der Waals surface area contributed by atoms with E-state index in [1.165, 1.54) is 6.92 Å². The van der Waals surface area contributed by atoms with E-state index in [1.54, 1.807) is 18.2 Å². The number of hydrogen-bond donors (Lipinski definition) is 4. The van der Waals surface area contributed by atoms with Gasteiger partial charge < -0.3 is 20.5 Å². The average Bonchev–Trinajstić information content (AvgIpc) is 2.60. The standard InChI is InChI=1S/C21H22N2O4/c1-11(24)15-6-13-9-21(27)18-7-12-2-3-14(25)8-16(12)20(21,4-5-22-18)10-17(13)23-19(15)26/h2-3,6,8,18,22,25,27H,4-5,7,9-10H2,1H3,(H,23,26)/t18-,20-,21-/m1/s1. The molecular formula is C21H22N2O4. The minimum Gasteiger partial charge on any atom is -0.508 e. The summed E-state index contributed by atoms with van der Waals surface area (Å²) in [6.45, 7) is 2.15. The first kappa shape index (κ1) is 16.7. The van der Waals surface area contributed by atoms with E-state index >= 15 is 0 Å². The number of phenols is 1. The quantitative estimate of drug-likeness (QED) is 0.563. The third kappa shape index (κ3) is 2.08. The van der Waals surface area contributed by atoms with Gasteiger partial charge in [-0.3, -0.25) is 9.59 Å². The van der Waals surface area contributed by atoms with Gasteiger partial charge in [-0.25, -0.2) is 0 Å². The molecule has 2 aromatic rings. The molecule has 0 unspecified atom stereocenters. The number of aromatic nitrogens is 1. The van der Waals surface area contributed by atoms with Crippen LogP contribution in [0, 0.1) is 0 Å². The fourth-order valence-corrected chi connectivity index (χ4v) is 5.61. The molecule has 6 nitrogen and oxygen atoms in total. The van der Waals surface area contributed by atoms with Crippen LogP contribution in [0.5, 0.6) is 5.75 Å². The van der Waals surface area contributed by atoms with Crippen LogP contribution in [0.2, 0.25) is 0 Å². The van der Waals surface area contributed by atoms with Crippen LogP contribution >= 0.6 is 0 Å². The molecule has 0 amide bonds. The van der Waals surface area contributed by atoms with Crippen molar-refractivity contribution < 1.29 is 15.0 Å². The van der Waals surface area contributed by atoms with Crippen LogP contribution in [0.1, 0.15) is 46.1 Å². The van der Waals surface area contributed by atoms with Gasteiger partial charge in [0.25, 0.3) is 5.56 Å². The number of phenolic OH excluding ortho intramolecular Hbond substituents is 1. The first-order valence-electron chi connectivity index (χ1n) is 9.38. The highest BCUT2D eigenvalue weighted by atomic mass is 16.3. The van der Waals surface area contributed by atoms with Gasteiger partial charge in [0, 0.05) is 30.0 Å². The lowest BCUT2D eigenvalue weighted by Crippen LogP contribution is -2.73. The number of Topliss-reactive ketones (excluding diaryl/α,β-unsaturated/α-hetero) is 1. The summed E-state index contributed by atoms with van der Waals surface area (Å²) in [6.07, 6.45) is 2.26. The topological polar surface area (TPSA) is 102 Å². The Kier molecular flexibility index (Phi) is 3.28. The molecule has 2 aliphatic carbocycles. The lowest BCUT2D eigenvalue weighted by Gasteiger charge is -2.61. The van der Waals surface area contributed by atoms with Crippen molar-refractivity contribution in [1.82, 2.24) is 10.3 Å². The smallest absolute Gasteiger partial charge is 0.259 e. The second-order valence-electron chi connectivity index (χ2n) is 8.23. The number of pyridine rings is 1. The number of ketones is 1. The highest BCUT2D eigenvalue weighted by molar-refractivity contribution is 5.93. The van der Waals surface area contributed by atoms with Gasteiger partial charge in [-0.2, -0.15) is 0 Å². The predicted octanol–water partition coefficient (Wildman–Crippen LogP) is 0.969. The Labute approximate surface area is 156 Å². The second kappa shape index (κ2) is 5.30. The fourth-order valence-electron chi connectivity index (χ4n) is 5.61. The number of aliphatic hydroxyl groups is 1. The number of H-pyrrole nitrogens is 1. The molecule has 0 spiro atoms. The zero-order valence-electron chi connectivity index (χ0n) is 15.1. The van der Waals surface area contributed by atoms with Crippen LogP contribution in [0.25, 0.3) is 0 Å². The van der Waals surface area contributed by atoms with Crippen molar-refractivity contribution in [2.45, 2.75) is 49.7 Å². The van der Waals surface area contributed by atoms with Crippen LogP contribution < -0.4 is 10.9 Å². The average molecular weight is 366 g/mol. The minimum atomic E-state index is -1.04. The van der Waals surface area contributed by atoms with Crippen molar-refractivity contribution in [2.75, 3.05) is 6.54 Å². The Morgan fingerprint density at radius 3 is 2.81 bits per heavy atom. The summed E-state index contributed by atoms with van der Waals surface area (Å²) in [5, 5.41) is 25.5. The number of aromatic hydroxyl groups is 1. The number of rotatable bonds is 1. The van der Waals surface area contributed by atoms with Crippen LogP contribution in [0.15, 0.2) is 29.1 Å². The van der Waals surface area contributed by atoms with Crippen LogP contribution in [0.3, 0.4) is 0 Å². The van der Waals surface area contributed by atoms with E-state index in [9.17, 15) is 19.8 Å².